The minimum Gasteiger partial charge on any atom is -0.489 e. The van der Waals surface area contributed by atoms with Crippen LogP contribution in [0.25, 0.3) is 0 Å². The number of benzene rings is 1. The first-order valence-electron chi connectivity index (χ1n) is 8.53. The zero-order valence-electron chi connectivity index (χ0n) is 16.0. The van der Waals surface area contributed by atoms with Crippen molar-refractivity contribution in [3.63, 3.8) is 0 Å². The summed E-state index contributed by atoms with van der Waals surface area (Å²) >= 11 is 0. The number of hydrogen-bond acceptors (Lipinski definition) is 4. The highest BCUT2D eigenvalue weighted by atomic mass is 32.2. The average Bonchev–Trinajstić information content (AvgIpc) is 2.92. The number of sulfonamides is 1. The van der Waals surface area contributed by atoms with E-state index in [1.54, 1.807) is 0 Å². The minimum atomic E-state index is -4.16. The first-order valence-corrected chi connectivity index (χ1v) is 10.1. The second-order valence-electron chi connectivity index (χ2n) is 6.94. The van der Waals surface area contributed by atoms with Crippen molar-refractivity contribution in [1.82, 2.24) is 4.57 Å². The van der Waals surface area contributed by atoms with E-state index in [1.165, 1.54) is 23.9 Å². The number of rotatable bonds is 7. The van der Waals surface area contributed by atoms with E-state index in [0.29, 0.717) is 0 Å². The van der Waals surface area contributed by atoms with Crippen LogP contribution in [0.5, 0.6) is 5.75 Å². The second-order valence-corrected chi connectivity index (χ2v) is 8.47. The third kappa shape index (κ3) is 4.87. The summed E-state index contributed by atoms with van der Waals surface area (Å²) in [7, 11) is -2.71. The van der Waals surface area contributed by atoms with Crippen LogP contribution in [0.1, 0.15) is 31.3 Å². The molecule has 1 atom stereocenters. The first kappa shape index (κ1) is 21.8. The molecular weight excluding hydrogens is 392 g/mol. The predicted molar refractivity (Wildman–Crippen MR) is 101 cm³/mol. The van der Waals surface area contributed by atoms with Gasteiger partial charge in [0, 0.05) is 25.0 Å². The van der Waals surface area contributed by atoms with Crippen molar-refractivity contribution in [3.05, 3.63) is 41.7 Å². The molecule has 0 bridgehead atoms. The van der Waals surface area contributed by atoms with Gasteiger partial charge in [-0.15, -0.1) is 0 Å². The number of anilines is 1. The molecule has 7 nitrogen and oxygen atoms in total. The summed E-state index contributed by atoms with van der Waals surface area (Å²) in [5, 5.41) is 7.65. The Hall–Kier alpha value is -2.46. The summed E-state index contributed by atoms with van der Waals surface area (Å²) in [6.45, 7) is 6.05. The smallest absolute Gasteiger partial charge is 0.276 e. The molecule has 10 heteroatoms. The molecule has 28 heavy (non-hydrogen) atoms. The van der Waals surface area contributed by atoms with Crippen LogP contribution < -0.4 is 15.2 Å². The molecule has 0 saturated carbocycles. The summed E-state index contributed by atoms with van der Waals surface area (Å²) in [5.74, 6) is -2.78. The van der Waals surface area contributed by atoms with Gasteiger partial charge < -0.3 is 14.6 Å². The van der Waals surface area contributed by atoms with Crippen LogP contribution in [0.3, 0.4) is 0 Å². The van der Waals surface area contributed by atoms with Crippen LogP contribution >= 0.6 is 0 Å². The van der Waals surface area contributed by atoms with Crippen molar-refractivity contribution >= 4 is 21.6 Å². The number of primary sulfonamides is 1. The van der Waals surface area contributed by atoms with Crippen molar-refractivity contribution in [2.24, 2.45) is 24.0 Å². The van der Waals surface area contributed by atoms with E-state index >= 15 is 0 Å². The molecule has 0 spiro atoms. The largest absolute Gasteiger partial charge is 0.489 e. The van der Waals surface area contributed by atoms with E-state index in [1.807, 2.05) is 20.8 Å². The summed E-state index contributed by atoms with van der Waals surface area (Å²) in [6.07, 6.45) is 1.17. The molecule has 0 saturated heterocycles. The lowest BCUT2D eigenvalue weighted by Crippen LogP contribution is -2.20. The number of aryl methyl sites for hydroxylation is 1. The molecule has 1 heterocycles. The summed E-state index contributed by atoms with van der Waals surface area (Å²) in [6, 6.07) is 2.87. The lowest BCUT2D eigenvalue weighted by Gasteiger charge is -2.17. The van der Waals surface area contributed by atoms with Gasteiger partial charge >= 0.3 is 0 Å². The van der Waals surface area contributed by atoms with Gasteiger partial charge in [-0.1, -0.05) is 20.8 Å². The lowest BCUT2D eigenvalue weighted by molar-refractivity contribution is 0.101. The molecule has 0 unspecified atom stereocenters. The van der Waals surface area contributed by atoms with Gasteiger partial charge in [-0.05, 0) is 24.0 Å². The molecule has 0 aliphatic rings. The fraction of sp³-hybridized carbons (Fsp3) is 0.389. The average molecular weight is 415 g/mol. The van der Waals surface area contributed by atoms with E-state index in [9.17, 15) is 22.0 Å². The number of hydrogen-bond donors (Lipinski definition) is 2. The number of carbonyl (C=O) groups is 1. The van der Waals surface area contributed by atoms with E-state index in [2.05, 4.69) is 5.32 Å². The van der Waals surface area contributed by atoms with Crippen molar-refractivity contribution < 1.29 is 26.7 Å². The normalized spacial score (nSPS) is 12.9. The molecule has 2 rings (SSSR count). The van der Waals surface area contributed by atoms with Gasteiger partial charge in [0.2, 0.25) is 10.0 Å². The highest BCUT2D eigenvalue weighted by molar-refractivity contribution is 7.89. The van der Waals surface area contributed by atoms with Crippen LogP contribution in [0, 0.1) is 23.5 Å². The summed E-state index contributed by atoms with van der Waals surface area (Å²) in [4.78, 5) is 12.4. The molecule has 2 aromatic rings. The van der Waals surface area contributed by atoms with Gasteiger partial charge in [0.1, 0.15) is 4.90 Å². The number of halogens is 2. The van der Waals surface area contributed by atoms with Gasteiger partial charge in [-0.25, -0.2) is 22.3 Å². The number of carbonyl (C=O) groups excluding carboxylic acids is 1. The Morgan fingerprint density at radius 1 is 1.25 bits per heavy atom. The van der Waals surface area contributed by atoms with Crippen LogP contribution in [0.15, 0.2) is 29.3 Å². The monoisotopic (exact) mass is 415 g/mol. The predicted octanol–water partition coefficient (Wildman–Crippen LogP) is 2.87. The number of aromatic nitrogens is 1. The Kier molecular flexibility index (Phi) is 6.45. The van der Waals surface area contributed by atoms with Crippen molar-refractivity contribution in [1.29, 1.82) is 0 Å². The van der Waals surface area contributed by atoms with E-state index in [0.717, 1.165) is 12.1 Å². The van der Waals surface area contributed by atoms with Crippen LogP contribution in [0.4, 0.5) is 14.5 Å². The van der Waals surface area contributed by atoms with E-state index in [-0.39, 0.29) is 40.5 Å². The molecule has 0 fully saturated rings. The third-order valence-electron chi connectivity index (χ3n) is 4.43. The van der Waals surface area contributed by atoms with Crippen molar-refractivity contribution in [2.75, 3.05) is 11.9 Å². The summed E-state index contributed by atoms with van der Waals surface area (Å²) in [5.41, 5.74) is -0.103. The maximum atomic E-state index is 13.4. The number of amides is 1. The third-order valence-corrected chi connectivity index (χ3v) is 5.33. The fourth-order valence-corrected chi connectivity index (χ4v) is 3.07. The minimum absolute atomic E-state index is 0.00348. The molecule has 0 aliphatic carbocycles. The van der Waals surface area contributed by atoms with Gasteiger partial charge in [-0.2, -0.15) is 0 Å². The van der Waals surface area contributed by atoms with Crippen molar-refractivity contribution in [2.45, 2.75) is 25.7 Å². The van der Waals surface area contributed by atoms with Crippen LogP contribution in [0.2, 0.25) is 0 Å². The van der Waals surface area contributed by atoms with Gasteiger partial charge in [0.15, 0.2) is 23.1 Å². The Labute approximate surface area is 162 Å². The molecule has 1 aromatic carbocycles. The maximum Gasteiger partial charge on any atom is 0.276 e. The number of nitrogens with one attached hydrogen (secondary N) is 1. The van der Waals surface area contributed by atoms with Crippen LogP contribution in [-0.2, 0) is 17.1 Å². The Bertz CT molecular complexity index is 987. The molecule has 154 valence electrons. The zero-order valence-corrected chi connectivity index (χ0v) is 16.8. The maximum absolute atomic E-state index is 13.4. The number of nitrogens with two attached hydrogens (primary N) is 1. The first-order chi connectivity index (χ1) is 12.9. The molecule has 1 aromatic heterocycles. The Balaban J connectivity index is 2.42. The zero-order chi connectivity index (χ0) is 21.2. The lowest BCUT2D eigenvalue weighted by atomic mass is 9.99. The SMILES string of the molecule is CC(C)[C@@H](C)COc1c(S(N)(=O)=O)cn(C)c1C(=O)Nc1ccc(F)c(F)c1. The second kappa shape index (κ2) is 8.27. The van der Waals surface area contributed by atoms with Gasteiger partial charge in [0.05, 0.1) is 6.61 Å². The number of ether oxygens (including phenoxy) is 1. The molecule has 1 amide bonds. The standard InChI is InChI=1S/C18H23F2N3O4S/c1-10(2)11(3)9-27-17-15(28(21,25)26)8-23(4)16(17)18(24)22-12-5-6-13(19)14(20)7-12/h5-8,10-11H,9H2,1-4H3,(H,22,24)(H2,21,25,26)/t11-/m0/s1. The van der Waals surface area contributed by atoms with Crippen LogP contribution in [-0.4, -0.2) is 25.5 Å². The molecule has 3 N–H and O–H groups in total. The van der Waals surface area contributed by atoms with E-state index < -0.39 is 27.6 Å². The Morgan fingerprint density at radius 2 is 1.89 bits per heavy atom. The van der Waals surface area contributed by atoms with Gasteiger partial charge in [0.25, 0.3) is 5.91 Å². The van der Waals surface area contributed by atoms with E-state index in [4.69, 9.17) is 9.88 Å². The van der Waals surface area contributed by atoms with Crippen molar-refractivity contribution in [3.8, 4) is 5.75 Å². The summed E-state index contributed by atoms with van der Waals surface area (Å²) < 4.78 is 57.2. The molecule has 0 radical (unpaired) electrons. The molecule has 0 aliphatic heterocycles. The highest BCUT2D eigenvalue weighted by Gasteiger charge is 2.28. The Morgan fingerprint density at radius 3 is 2.43 bits per heavy atom. The van der Waals surface area contributed by atoms with Gasteiger partial charge in [-0.3, -0.25) is 4.79 Å². The fourth-order valence-electron chi connectivity index (χ4n) is 2.35. The quantitative estimate of drug-likeness (QED) is 0.726. The highest BCUT2D eigenvalue weighted by Crippen LogP contribution is 2.31. The topological polar surface area (TPSA) is 103 Å². The number of nitrogens with zero attached hydrogens (tertiary/aromatic N) is 1. The molecular formula is C18H23F2N3O4S.